The van der Waals surface area contributed by atoms with E-state index in [9.17, 15) is 0 Å². The minimum Gasteiger partial charge on any atom is -0.384 e. The lowest BCUT2D eigenvalue weighted by molar-refractivity contribution is 0.146. The molecule has 6 heteroatoms. The number of nitrogens with one attached hydrogen (secondary N) is 1. The molecule has 1 aliphatic heterocycles. The number of H-pyrrole nitrogens is 1. The maximum Gasteiger partial charge on any atom is 0.181 e. The molecular formula is C20H25N5O. The molecule has 1 fully saturated rings. The number of aromatic nitrogens is 4. The predicted octanol–water partition coefficient (Wildman–Crippen LogP) is 2.67. The molecule has 26 heavy (non-hydrogen) atoms. The Morgan fingerprint density at radius 3 is 2.73 bits per heavy atom. The van der Waals surface area contributed by atoms with Gasteiger partial charge in [0.05, 0.1) is 6.61 Å². The van der Waals surface area contributed by atoms with Crippen LogP contribution in [0.3, 0.4) is 0 Å². The van der Waals surface area contributed by atoms with Gasteiger partial charge in [0.1, 0.15) is 5.82 Å². The third kappa shape index (κ3) is 3.43. The Morgan fingerprint density at radius 2 is 2.00 bits per heavy atom. The Morgan fingerprint density at radius 1 is 1.15 bits per heavy atom. The lowest BCUT2D eigenvalue weighted by atomic mass is 9.96. The third-order valence-corrected chi connectivity index (χ3v) is 5.22. The summed E-state index contributed by atoms with van der Waals surface area (Å²) in [6, 6.07) is 14.4. The molecule has 1 aromatic carbocycles. The van der Waals surface area contributed by atoms with Gasteiger partial charge in [0, 0.05) is 63.1 Å². The average molecular weight is 351 g/mol. The first-order valence-electron chi connectivity index (χ1n) is 9.04. The van der Waals surface area contributed by atoms with Crippen LogP contribution in [0.4, 0.5) is 0 Å². The second-order valence-electron chi connectivity index (χ2n) is 7.04. The second kappa shape index (κ2) is 7.43. The van der Waals surface area contributed by atoms with Gasteiger partial charge in [-0.25, -0.2) is 4.98 Å². The monoisotopic (exact) mass is 351 g/mol. The minimum atomic E-state index is 0.306. The fourth-order valence-electron chi connectivity index (χ4n) is 3.83. The van der Waals surface area contributed by atoms with Gasteiger partial charge in [-0.05, 0) is 12.1 Å². The summed E-state index contributed by atoms with van der Waals surface area (Å²) in [6.45, 7) is 3.64. The van der Waals surface area contributed by atoms with Crippen molar-refractivity contribution in [2.24, 2.45) is 13.0 Å². The van der Waals surface area contributed by atoms with Crippen molar-refractivity contribution in [1.29, 1.82) is 0 Å². The zero-order valence-electron chi connectivity index (χ0n) is 15.3. The summed E-state index contributed by atoms with van der Waals surface area (Å²) >= 11 is 0. The van der Waals surface area contributed by atoms with E-state index in [1.807, 2.05) is 30.3 Å². The van der Waals surface area contributed by atoms with Crippen LogP contribution in [-0.4, -0.2) is 51.5 Å². The first-order valence-corrected chi connectivity index (χ1v) is 9.04. The maximum atomic E-state index is 5.48. The lowest BCUT2D eigenvalue weighted by Crippen LogP contribution is -2.22. The molecule has 3 heterocycles. The van der Waals surface area contributed by atoms with Gasteiger partial charge in [-0.3, -0.25) is 10.00 Å². The number of hydrogen-bond acceptors (Lipinski definition) is 4. The summed E-state index contributed by atoms with van der Waals surface area (Å²) in [7, 11) is 3.87. The van der Waals surface area contributed by atoms with Gasteiger partial charge in [-0.2, -0.15) is 5.10 Å². The number of benzene rings is 1. The standard InChI is InChI=1S/C20H25N5O/c1-24-10-6-9-17(24)12-25-11-16(14-26-2)18(13-25)20-21-19(22-23-20)15-7-4-3-5-8-15/h3-10,16,18H,11-14H2,1-2H3,(H,21,22,23)/t16-,18+/m0/s1. The molecule has 0 amide bonds. The molecule has 4 rings (SSSR count). The van der Waals surface area contributed by atoms with E-state index in [-0.39, 0.29) is 0 Å². The van der Waals surface area contributed by atoms with E-state index in [2.05, 4.69) is 45.0 Å². The van der Waals surface area contributed by atoms with E-state index in [0.717, 1.165) is 43.5 Å². The van der Waals surface area contributed by atoms with Crippen molar-refractivity contribution < 1.29 is 4.74 Å². The van der Waals surface area contributed by atoms with E-state index < -0.39 is 0 Å². The molecule has 1 N–H and O–H groups in total. The van der Waals surface area contributed by atoms with Gasteiger partial charge in [0.2, 0.25) is 0 Å². The summed E-state index contributed by atoms with van der Waals surface area (Å²) in [4.78, 5) is 7.27. The molecule has 0 unspecified atom stereocenters. The van der Waals surface area contributed by atoms with E-state index in [0.29, 0.717) is 11.8 Å². The van der Waals surface area contributed by atoms with Crippen molar-refractivity contribution in [2.45, 2.75) is 12.5 Å². The molecule has 0 aliphatic carbocycles. The van der Waals surface area contributed by atoms with Crippen LogP contribution in [0.15, 0.2) is 48.7 Å². The van der Waals surface area contributed by atoms with E-state index >= 15 is 0 Å². The number of aryl methyl sites for hydroxylation is 1. The highest BCUT2D eigenvalue weighted by Gasteiger charge is 2.36. The number of hydrogen-bond donors (Lipinski definition) is 1. The Hall–Kier alpha value is -2.44. The van der Waals surface area contributed by atoms with Crippen LogP contribution in [0.5, 0.6) is 0 Å². The van der Waals surface area contributed by atoms with Crippen LogP contribution in [0, 0.1) is 5.92 Å². The number of aromatic amines is 1. The molecule has 3 aromatic rings. The fourth-order valence-corrected chi connectivity index (χ4v) is 3.83. The van der Waals surface area contributed by atoms with Crippen LogP contribution in [0.2, 0.25) is 0 Å². The summed E-state index contributed by atoms with van der Waals surface area (Å²) in [5, 5.41) is 7.62. The molecular weight excluding hydrogens is 326 g/mol. The van der Waals surface area contributed by atoms with Crippen molar-refractivity contribution in [3.8, 4) is 11.4 Å². The number of methoxy groups -OCH3 is 1. The molecule has 6 nitrogen and oxygen atoms in total. The Balaban J connectivity index is 1.52. The number of likely N-dealkylation sites (tertiary alicyclic amines) is 1. The molecule has 0 spiro atoms. The highest BCUT2D eigenvalue weighted by molar-refractivity contribution is 5.53. The third-order valence-electron chi connectivity index (χ3n) is 5.22. The molecule has 0 radical (unpaired) electrons. The summed E-state index contributed by atoms with van der Waals surface area (Å²) in [6.07, 6.45) is 2.10. The normalized spacial score (nSPS) is 20.7. The second-order valence-corrected chi connectivity index (χ2v) is 7.04. The first kappa shape index (κ1) is 17.0. The van der Waals surface area contributed by atoms with E-state index in [1.54, 1.807) is 7.11 Å². The molecule has 1 aliphatic rings. The number of ether oxygens (including phenoxy) is 1. The lowest BCUT2D eigenvalue weighted by Gasteiger charge is -2.16. The average Bonchev–Trinajstić information content (AvgIpc) is 3.37. The maximum absolute atomic E-state index is 5.48. The fraction of sp³-hybridized carbons (Fsp3) is 0.400. The van der Waals surface area contributed by atoms with Crippen molar-refractivity contribution in [3.63, 3.8) is 0 Å². The van der Waals surface area contributed by atoms with Gasteiger partial charge >= 0.3 is 0 Å². The summed E-state index contributed by atoms with van der Waals surface area (Å²) in [5.74, 6) is 2.44. The van der Waals surface area contributed by atoms with E-state index in [4.69, 9.17) is 9.72 Å². The van der Waals surface area contributed by atoms with Crippen molar-refractivity contribution in [1.82, 2.24) is 24.6 Å². The first-order chi connectivity index (χ1) is 12.7. The Kier molecular flexibility index (Phi) is 4.86. The van der Waals surface area contributed by atoms with Crippen LogP contribution >= 0.6 is 0 Å². The van der Waals surface area contributed by atoms with Gasteiger partial charge in [-0.15, -0.1) is 0 Å². The van der Waals surface area contributed by atoms with Crippen LogP contribution in [-0.2, 0) is 18.3 Å². The zero-order valence-corrected chi connectivity index (χ0v) is 15.3. The molecule has 0 bridgehead atoms. The Labute approximate surface area is 153 Å². The molecule has 136 valence electrons. The van der Waals surface area contributed by atoms with E-state index in [1.165, 1.54) is 5.69 Å². The van der Waals surface area contributed by atoms with Crippen LogP contribution in [0.25, 0.3) is 11.4 Å². The van der Waals surface area contributed by atoms with Crippen LogP contribution < -0.4 is 0 Å². The van der Waals surface area contributed by atoms with Gasteiger partial charge < -0.3 is 9.30 Å². The van der Waals surface area contributed by atoms with Gasteiger partial charge in [-0.1, -0.05) is 30.3 Å². The minimum absolute atomic E-state index is 0.306. The van der Waals surface area contributed by atoms with Crippen LogP contribution in [0.1, 0.15) is 17.4 Å². The van der Waals surface area contributed by atoms with Gasteiger partial charge in [0.15, 0.2) is 5.82 Å². The number of nitrogens with zero attached hydrogens (tertiary/aromatic N) is 4. The summed E-state index contributed by atoms with van der Waals surface area (Å²) < 4.78 is 7.66. The Bertz CT molecular complexity index is 841. The number of rotatable bonds is 6. The van der Waals surface area contributed by atoms with Crippen molar-refractivity contribution in [3.05, 3.63) is 60.2 Å². The molecule has 2 atom stereocenters. The molecule has 1 saturated heterocycles. The topological polar surface area (TPSA) is 59.0 Å². The summed E-state index contributed by atoms with van der Waals surface area (Å²) in [5.41, 5.74) is 2.36. The quantitative estimate of drug-likeness (QED) is 0.742. The molecule has 0 saturated carbocycles. The highest BCUT2D eigenvalue weighted by atomic mass is 16.5. The van der Waals surface area contributed by atoms with Crippen molar-refractivity contribution >= 4 is 0 Å². The van der Waals surface area contributed by atoms with Gasteiger partial charge in [0.25, 0.3) is 0 Å². The largest absolute Gasteiger partial charge is 0.384 e. The van der Waals surface area contributed by atoms with Crippen molar-refractivity contribution in [2.75, 3.05) is 26.8 Å². The SMILES string of the molecule is COC[C@@H]1CN(Cc2cccn2C)C[C@H]1c1nc(-c2ccccc2)n[nH]1. The zero-order chi connectivity index (χ0) is 17.9. The predicted molar refractivity (Wildman–Crippen MR) is 101 cm³/mol. The highest BCUT2D eigenvalue weighted by Crippen LogP contribution is 2.32. The smallest absolute Gasteiger partial charge is 0.181 e. The molecule has 2 aromatic heterocycles.